The summed E-state index contributed by atoms with van der Waals surface area (Å²) in [5.74, 6) is 0. The van der Waals surface area contributed by atoms with Gasteiger partial charge in [0.05, 0.1) is 10.7 Å². The van der Waals surface area contributed by atoms with Crippen LogP contribution in [0.3, 0.4) is 0 Å². The second-order valence-corrected chi connectivity index (χ2v) is 4.57. The minimum absolute atomic E-state index is 0.612. The van der Waals surface area contributed by atoms with Crippen LogP contribution in [0.1, 0.15) is 0 Å². The maximum Gasteiger partial charge on any atom is 0.137 e. The molecule has 0 amide bonds. The first-order valence-corrected chi connectivity index (χ1v) is 5.82. The summed E-state index contributed by atoms with van der Waals surface area (Å²) in [7, 11) is 0. The molecule has 1 nitrogen and oxygen atoms in total. The molecular weight excluding hydrogens is 245 g/mol. The Kier molecular flexibility index (Phi) is 4.32. The van der Waals surface area contributed by atoms with Gasteiger partial charge in [-0.25, -0.2) is 0 Å². The number of nitrogens with one attached hydrogen (secondary N) is 1. The molecule has 0 fully saturated rings. The van der Waals surface area contributed by atoms with E-state index in [-0.39, 0.29) is 0 Å². The number of hydrogen-bond donors (Lipinski definition) is 1. The molecule has 0 atom stereocenters. The second-order valence-electron chi connectivity index (χ2n) is 2.24. The molecule has 0 bridgehead atoms. The smallest absolute Gasteiger partial charge is 0.137 e. The third-order valence-electron chi connectivity index (χ3n) is 1.35. The standard InChI is InChI=1S/C8H7Cl2NS2/c1-13-8(12)11-7-4-5(9)2-3-6(7)10/h2-4H,1H3,(H,11,12). The number of thioether (sulfide) groups is 1. The van der Waals surface area contributed by atoms with Crippen LogP contribution in [0.5, 0.6) is 0 Å². The van der Waals surface area contributed by atoms with Crippen molar-refractivity contribution >= 4 is 57.2 Å². The third-order valence-corrected chi connectivity index (χ3v) is 2.99. The molecule has 1 N–H and O–H groups in total. The predicted octanol–water partition coefficient (Wildman–Crippen LogP) is 4.05. The van der Waals surface area contributed by atoms with Crippen LogP contribution in [0.4, 0.5) is 5.69 Å². The lowest BCUT2D eigenvalue weighted by molar-refractivity contribution is 1.66. The Morgan fingerprint density at radius 2 is 2.15 bits per heavy atom. The zero-order valence-corrected chi connectivity index (χ0v) is 9.95. The monoisotopic (exact) mass is 251 g/mol. The molecular formula is C8H7Cl2NS2. The molecule has 0 saturated heterocycles. The Morgan fingerprint density at radius 1 is 1.46 bits per heavy atom. The highest BCUT2D eigenvalue weighted by molar-refractivity contribution is 8.22. The lowest BCUT2D eigenvalue weighted by Crippen LogP contribution is -2.03. The molecule has 0 saturated carbocycles. The van der Waals surface area contributed by atoms with Crippen LogP contribution in [-0.4, -0.2) is 10.6 Å². The van der Waals surface area contributed by atoms with E-state index in [1.165, 1.54) is 11.8 Å². The number of rotatable bonds is 1. The average molecular weight is 252 g/mol. The minimum Gasteiger partial charge on any atom is -0.340 e. The zero-order valence-electron chi connectivity index (χ0n) is 6.80. The number of halogens is 2. The van der Waals surface area contributed by atoms with Gasteiger partial charge in [0, 0.05) is 5.02 Å². The lowest BCUT2D eigenvalue weighted by Gasteiger charge is -2.07. The van der Waals surface area contributed by atoms with E-state index in [4.69, 9.17) is 35.4 Å². The van der Waals surface area contributed by atoms with Crippen molar-refractivity contribution in [1.29, 1.82) is 0 Å². The highest BCUT2D eigenvalue weighted by Crippen LogP contribution is 2.26. The van der Waals surface area contributed by atoms with E-state index in [1.807, 2.05) is 6.26 Å². The van der Waals surface area contributed by atoms with E-state index < -0.39 is 0 Å². The molecule has 0 aliphatic carbocycles. The van der Waals surface area contributed by atoms with Crippen molar-refractivity contribution in [2.24, 2.45) is 0 Å². The fraction of sp³-hybridized carbons (Fsp3) is 0.125. The first kappa shape index (κ1) is 11.1. The largest absolute Gasteiger partial charge is 0.340 e. The first-order chi connectivity index (χ1) is 6.13. The summed E-state index contributed by atoms with van der Waals surface area (Å²) < 4.78 is 0.671. The molecule has 1 aromatic carbocycles. The topological polar surface area (TPSA) is 12.0 Å². The Hall–Kier alpha value is 0.0400. The van der Waals surface area contributed by atoms with E-state index in [0.717, 1.165) is 5.69 Å². The molecule has 0 radical (unpaired) electrons. The van der Waals surface area contributed by atoms with Gasteiger partial charge in [-0.1, -0.05) is 35.4 Å². The predicted molar refractivity (Wildman–Crippen MR) is 66.2 cm³/mol. The van der Waals surface area contributed by atoms with Crippen molar-refractivity contribution < 1.29 is 0 Å². The van der Waals surface area contributed by atoms with E-state index in [2.05, 4.69) is 5.32 Å². The van der Waals surface area contributed by atoms with Crippen molar-refractivity contribution in [2.75, 3.05) is 11.6 Å². The first-order valence-electron chi connectivity index (χ1n) is 3.43. The van der Waals surface area contributed by atoms with E-state index >= 15 is 0 Å². The number of thiocarbonyl (C=S) groups is 1. The molecule has 0 aromatic heterocycles. The molecule has 1 rings (SSSR count). The third kappa shape index (κ3) is 3.35. The van der Waals surface area contributed by atoms with Gasteiger partial charge in [-0.15, -0.1) is 11.8 Å². The van der Waals surface area contributed by atoms with Crippen LogP contribution in [0.15, 0.2) is 18.2 Å². The molecule has 0 heterocycles. The maximum atomic E-state index is 5.91. The van der Waals surface area contributed by atoms with Crippen LogP contribution in [0, 0.1) is 0 Å². The summed E-state index contributed by atoms with van der Waals surface area (Å²) in [5, 5.41) is 4.23. The van der Waals surface area contributed by atoms with E-state index in [9.17, 15) is 0 Å². The van der Waals surface area contributed by atoms with Gasteiger partial charge in [0.15, 0.2) is 0 Å². The highest BCUT2D eigenvalue weighted by Gasteiger charge is 2.02. The van der Waals surface area contributed by atoms with E-state index in [0.29, 0.717) is 14.4 Å². The molecule has 0 spiro atoms. The second kappa shape index (κ2) is 5.05. The van der Waals surface area contributed by atoms with Crippen LogP contribution in [-0.2, 0) is 0 Å². The molecule has 0 aliphatic heterocycles. The van der Waals surface area contributed by atoms with Gasteiger partial charge in [0.1, 0.15) is 4.32 Å². The molecule has 0 unspecified atom stereocenters. The lowest BCUT2D eigenvalue weighted by atomic mass is 10.3. The summed E-state index contributed by atoms with van der Waals surface area (Å²) in [4.78, 5) is 0. The number of hydrogen-bond acceptors (Lipinski definition) is 2. The minimum atomic E-state index is 0.612. The maximum absolute atomic E-state index is 5.91. The molecule has 0 aliphatic rings. The summed E-state index contributed by atoms with van der Waals surface area (Å²) in [6, 6.07) is 5.21. The van der Waals surface area contributed by atoms with Gasteiger partial charge in [0.2, 0.25) is 0 Å². The average Bonchev–Trinajstić information content (AvgIpc) is 2.11. The van der Waals surface area contributed by atoms with Gasteiger partial charge in [-0.05, 0) is 24.5 Å². The van der Waals surface area contributed by atoms with Crippen molar-refractivity contribution in [3.8, 4) is 0 Å². The number of anilines is 1. The zero-order chi connectivity index (χ0) is 9.84. The summed E-state index contributed by atoms with van der Waals surface area (Å²) in [6.45, 7) is 0. The Labute approximate surface area is 96.8 Å². The van der Waals surface area contributed by atoms with Gasteiger partial charge < -0.3 is 5.32 Å². The molecule has 5 heteroatoms. The van der Waals surface area contributed by atoms with Crippen LogP contribution in [0.2, 0.25) is 10.0 Å². The normalized spacial score (nSPS) is 9.77. The van der Waals surface area contributed by atoms with E-state index in [1.54, 1.807) is 18.2 Å². The highest BCUT2D eigenvalue weighted by atomic mass is 35.5. The fourth-order valence-corrected chi connectivity index (χ4v) is 1.41. The van der Waals surface area contributed by atoms with Crippen LogP contribution < -0.4 is 5.32 Å². The van der Waals surface area contributed by atoms with Crippen molar-refractivity contribution in [3.05, 3.63) is 28.2 Å². The summed E-state index contributed by atoms with van der Waals surface area (Å²) >= 11 is 18.1. The van der Waals surface area contributed by atoms with Crippen molar-refractivity contribution in [2.45, 2.75) is 0 Å². The van der Waals surface area contributed by atoms with Crippen molar-refractivity contribution in [1.82, 2.24) is 0 Å². The molecule has 70 valence electrons. The van der Waals surface area contributed by atoms with Crippen LogP contribution in [0.25, 0.3) is 0 Å². The number of benzene rings is 1. The Morgan fingerprint density at radius 3 is 2.77 bits per heavy atom. The van der Waals surface area contributed by atoms with Gasteiger partial charge in [0.25, 0.3) is 0 Å². The summed E-state index contributed by atoms with van der Waals surface area (Å²) in [5.41, 5.74) is 0.744. The SMILES string of the molecule is CSC(=S)Nc1cc(Cl)ccc1Cl. The quantitative estimate of drug-likeness (QED) is 0.757. The van der Waals surface area contributed by atoms with Crippen molar-refractivity contribution in [3.63, 3.8) is 0 Å². The Balaban J connectivity index is 2.87. The van der Waals surface area contributed by atoms with Gasteiger partial charge >= 0.3 is 0 Å². The van der Waals surface area contributed by atoms with Crippen LogP contribution >= 0.6 is 47.2 Å². The van der Waals surface area contributed by atoms with Gasteiger partial charge in [-0.3, -0.25) is 0 Å². The molecule has 13 heavy (non-hydrogen) atoms. The molecule has 1 aromatic rings. The summed E-state index contributed by atoms with van der Waals surface area (Å²) in [6.07, 6.45) is 1.90. The Bertz CT molecular complexity index is 328. The van der Waals surface area contributed by atoms with Gasteiger partial charge in [-0.2, -0.15) is 0 Å². The fourth-order valence-electron chi connectivity index (χ4n) is 0.754.